The third-order valence-electron chi connectivity index (χ3n) is 4.44. The molecule has 0 aromatic heterocycles. The molecule has 2 unspecified atom stereocenters. The minimum atomic E-state index is 0.605. The molecule has 1 aliphatic carbocycles. The first kappa shape index (κ1) is 12.9. The lowest BCUT2D eigenvalue weighted by Crippen LogP contribution is -2.47. The Bertz CT molecular complexity index is 407. The highest BCUT2D eigenvalue weighted by molar-refractivity contribution is 5.21. The van der Waals surface area contributed by atoms with Gasteiger partial charge in [0.15, 0.2) is 0 Å². The van der Waals surface area contributed by atoms with Gasteiger partial charge in [-0.05, 0) is 30.7 Å². The van der Waals surface area contributed by atoms with Crippen LogP contribution >= 0.6 is 0 Å². The number of piperazine rings is 1. The summed E-state index contributed by atoms with van der Waals surface area (Å²) in [6.07, 6.45) is 8.55. The van der Waals surface area contributed by atoms with E-state index in [4.69, 9.17) is 0 Å². The van der Waals surface area contributed by atoms with Crippen LogP contribution < -0.4 is 5.32 Å². The molecule has 1 aromatic rings. The van der Waals surface area contributed by atoms with E-state index < -0.39 is 0 Å². The van der Waals surface area contributed by atoms with Crippen LogP contribution in [0, 0.1) is 5.92 Å². The molecule has 0 bridgehead atoms. The highest BCUT2D eigenvalue weighted by Crippen LogP contribution is 2.36. The summed E-state index contributed by atoms with van der Waals surface area (Å²) in [5, 5.41) is 3.47. The van der Waals surface area contributed by atoms with E-state index in [1.807, 2.05) is 0 Å². The molecule has 0 radical (unpaired) electrons. The normalized spacial score (nSPS) is 26.2. The third kappa shape index (κ3) is 3.07. The van der Waals surface area contributed by atoms with Crippen LogP contribution in [-0.4, -0.2) is 31.1 Å². The van der Waals surface area contributed by atoms with Gasteiger partial charge in [0.05, 0.1) is 0 Å². The fourth-order valence-electron chi connectivity index (χ4n) is 3.50. The zero-order valence-corrected chi connectivity index (χ0v) is 11.6. The summed E-state index contributed by atoms with van der Waals surface area (Å²) in [5.74, 6) is 0.783. The molecule has 1 fully saturated rings. The van der Waals surface area contributed by atoms with E-state index in [2.05, 4.69) is 52.7 Å². The smallest absolute Gasteiger partial charge is 0.0380 e. The molecule has 1 N–H and O–H groups in total. The zero-order chi connectivity index (χ0) is 12.9. The van der Waals surface area contributed by atoms with E-state index in [0.29, 0.717) is 6.04 Å². The maximum atomic E-state index is 3.47. The molecule has 102 valence electrons. The summed E-state index contributed by atoms with van der Waals surface area (Å²) in [6, 6.07) is 11.7. The van der Waals surface area contributed by atoms with Gasteiger partial charge in [-0.1, -0.05) is 42.5 Å². The molecule has 2 heteroatoms. The Morgan fingerprint density at radius 1 is 1.05 bits per heavy atom. The third-order valence-corrected chi connectivity index (χ3v) is 4.44. The molecule has 3 rings (SSSR count). The Kier molecular flexibility index (Phi) is 4.31. The average Bonchev–Trinajstić information content (AvgIpc) is 2.51. The number of hydrogen-bond donors (Lipinski definition) is 1. The lowest BCUT2D eigenvalue weighted by atomic mass is 9.83. The molecule has 0 amide bonds. The molecule has 1 saturated heterocycles. The van der Waals surface area contributed by atoms with E-state index in [1.165, 1.54) is 37.9 Å². The Morgan fingerprint density at radius 2 is 1.84 bits per heavy atom. The first-order valence-corrected chi connectivity index (χ1v) is 7.60. The summed E-state index contributed by atoms with van der Waals surface area (Å²) in [5.41, 5.74) is 1.50. The van der Waals surface area contributed by atoms with Crippen molar-refractivity contribution in [2.75, 3.05) is 26.2 Å². The standard InChI is InChI=1S/C17H24N2/c1-3-7-15(8-4-1)17(16-9-5-2-6-10-16)19-13-11-18-12-14-19/h1-5,7-8,16-18H,6,9-14H2. The molecule has 2 aliphatic rings. The quantitative estimate of drug-likeness (QED) is 0.836. The number of benzene rings is 1. The van der Waals surface area contributed by atoms with Crippen LogP contribution in [0.3, 0.4) is 0 Å². The first-order valence-electron chi connectivity index (χ1n) is 7.60. The van der Waals surface area contributed by atoms with Gasteiger partial charge < -0.3 is 5.32 Å². The van der Waals surface area contributed by atoms with Gasteiger partial charge >= 0.3 is 0 Å². The molecule has 1 aromatic carbocycles. The van der Waals surface area contributed by atoms with Gasteiger partial charge in [-0.2, -0.15) is 0 Å². The topological polar surface area (TPSA) is 15.3 Å². The molecule has 2 atom stereocenters. The van der Waals surface area contributed by atoms with Crippen LogP contribution in [0.25, 0.3) is 0 Å². The van der Waals surface area contributed by atoms with Crippen molar-refractivity contribution in [3.05, 3.63) is 48.0 Å². The molecule has 1 heterocycles. The fourth-order valence-corrected chi connectivity index (χ4v) is 3.50. The number of hydrogen-bond acceptors (Lipinski definition) is 2. The molecular weight excluding hydrogens is 232 g/mol. The van der Waals surface area contributed by atoms with Crippen molar-refractivity contribution in [3.8, 4) is 0 Å². The summed E-state index contributed by atoms with van der Waals surface area (Å²) < 4.78 is 0. The number of rotatable bonds is 3. The maximum absolute atomic E-state index is 3.47. The van der Waals surface area contributed by atoms with Gasteiger partial charge in [-0.25, -0.2) is 0 Å². The van der Waals surface area contributed by atoms with Gasteiger partial charge in [0.2, 0.25) is 0 Å². The molecule has 0 saturated carbocycles. The van der Waals surface area contributed by atoms with Crippen molar-refractivity contribution in [2.24, 2.45) is 5.92 Å². The second kappa shape index (κ2) is 6.36. The lowest BCUT2D eigenvalue weighted by Gasteiger charge is -2.40. The average molecular weight is 256 g/mol. The Morgan fingerprint density at radius 3 is 2.53 bits per heavy atom. The van der Waals surface area contributed by atoms with Crippen molar-refractivity contribution >= 4 is 0 Å². The van der Waals surface area contributed by atoms with Crippen molar-refractivity contribution in [1.29, 1.82) is 0 Å². The Labute approximate surface area is 116 Å². The van der Waals surface area contributed by atoms with Gasteiger partial charge in [0.25, 0.3) is 0 Å². The lowest BCUT2D eigenvalue weighted by molar-refractivity contribution is 0.118. The van der Waals surface area contributed by atoms with Crippen LogP contribution in [0.1, 0.15) is 30.9 Å². The Balaban J connectivity index is 1.83. The zero-order valence-electron chi connectivity index (χ0n) is 11.6. The Hall–Kier alpha value is -1.12. The van der Waals surface area contributed by atoms with Crippen LogP contribution in [0.2, 0.25) is 0 Å². The van der Waals surface area contributed by atoms with Crippen molar-refractivity contribution in [1.82, 2.24) is 10.2 Å². The van der Waals surface area contributed by atoms with Crippen LogP contribution in [0.4, 0.5) is 0 Å². The minimum absolute atomic E-state index is 0.605. The molecule has 2 nitrogen and oxygen atoms in total. The van der Waals surface area contributed by atoms with Gasteiger partial charge in [-0.15, -0.1) is 0 Å². The SMILES string of the molecule is C1=CCC(C(c2ccccc2)N2CCNCC2)CC1. The molecule has 1 aliphatic heterocycles. The second-order valence-electron chi connectivity index (χ2n) is 5.69. The highest BCUT2D eigenvalue weighted by atomic mass is 15.2. The maximum Gasteiger partial charge on any atom is 0.0380 e. The van der Waals surface area contributed by atoms with E-state index >= 15 is 0 Å². The number of nitrogens with zero attached hydrogens (tertiary/aromatic N) is 1. The highest BCUT2D eigenvalue weighted by Gasteiger charge is 2.29. The second-order valence-corrected chi connectivity index (χ2v) is 5.69. The van der Waals surface area contributed by atoms with Crippen LogP contribution in [0.5, 0.6) is 0 Å². The summed E-state index contributed by atoms with van der Waals surface area (Å²) in [4.78, 5) is 2.69. The van der Waals surface area contributed by atoms with Gasteiger partial charge in [0, 0.05) is 32.2 Å². The van der Waals surface area contributed by atoms with Crippen LogP contribution in [-0.2, 0) is 0 Å². The molecule has 19 heavy (non-hydrogen) atoms. The minimum Gasteiger partial charge on any atom is -0.314 e. The monoisotopic (exact) mass is 256 g/mol. The fraction of sp³-hybridized carbons (Fsp3) is 0.529. The van der Waals surface area contributed by atoms with Crippen molar-refractivity contribution in [2.45, 2.75) is 25.3 Å². The van der Waals surface area contributed by atoms with Crippen molar-refractivity contribution in [3.63, 3.8) is 0 Å². The van der Waals surface area contributed by atoms with Crippen LogP contribution in [0.15, 0.2) is 42.5 Å². The molecular formula is C17H24N2. The summed E-state index contributed by atoms with van der Waals surface area (Å²) in [7, 11) is 0. The van der Waals surface area contributed by atoms with Crippen molar-refractivity contribution < 1.29 is 0 Å². The molecule has 0 spiro atoms. The first-order chi connectivity index (χ1) is 9.45. The predicted molar refractivity (Wildman–Crippen MR) is 80.1 cm³/mol. The van der Waals surface area contributed by atoms with Gasteiger partial charge in [0.1, 0.15) is 0 Å². The van der Waals surface area contributed by atoms with E-state index in [0.717, 1.165) is 19.0 Å². The number of nitrogens with one attached hydrogen (secondary N) is 1. The van der Waals surface area contributed by atoms with Gasteiger partial charge in [-0.3, -0.25) is 4.90 Å². The predicted octanol–water partition coefficient (Wildman–Crippen LogP) is 2.99. The summed E-state index contributed by atoms with van der Waals surface area (Å²) in [6.45, 7) is 4.62. The van der Waals surface area contributed by atoms with E-state index in [1.54, 1.807) is 0 Å². The van der Waals surface area contributed by atoms with E-state index in [-0.39, 0.29) is 0 Å². The summed E-state index contributed by atoms with van der Waals surface area (Å²) >= 11 is 0. The largest absolute Gasteiger partial charge is 0.314 e. The number of allylic oxidation sites excluding steroid dienone is 2. The van der Waals surface area contributed by atoms with E-state index in [9.17, 15) is 0 Å².